The largest absolute Gasteiger partial charge is 0.320 e. The highest BCUT2D eigenvalue weighted by Crippen LogP contribution is 2.26. The van der Waals surface area contributed by atoms with E-state index >= 15 is 0 Å². The van der Waals surface area contributed by atoms with Crippen molar-refractivity contribution in [2.75, 3.05) is 0 Å². The lowest BCUT2D eigenvalue weighted by atomic mass is 9.96. The van der Waals surface area contributed by atoms with Crippen molar-refractivity contribution in [3.63, 3.8) is 0 Å². The van der Waals surface area contributed by atoms with Gasteiger partial charge in [-0.2, -0.15) is 0 Å². The van der Waals surface area contributed by atoms with Crippen LogP contribution in [0.5, 0.6) is 0 Å². The standard InChI is InChI=1S/C16H18IN/c1-3-12-7-5-8-13(10-12)16(18)14-9-4-6-11(2)15(14)17/h4-10,16H,3,18H2,1-2H3. The summed E-state index contributed by atoms with van der Waals surface area (Å²) in [5, 5.41) is 0. The Morgan fingerprint density at radius 3 is 2.61 bits per heavy atom. The summed E-state index contributed by atoms with van der Waals surface area (Å²) in [5.74, 6) is 0. The van der Waals surface area contributed by atoms with Crippen LogP contribution in [0, 0.1) is 10.5 Å². The van der Waals surface area contributed by atoms with Crippen LogP contribution < -0.4 is 5.73 Å². The maximum Gasteiger partial charge on any atom is 0.0562 e. The van der Waals surface area contributed by atoms with Crippen LogP contribution in [0.25, 0.3) is 0 Å². The Hall–Kier alpha value is -0.870. The van der Waals surface area contributed by atoms with Gasteiger partial charge < -0.3 is 5.73 Å². The first-order valence-electron chi connectivity index (χ1n) is 6.23. The zero-order chi connectivity index (χ0) is 13.1. The quantitative estimate of drug-likeness (QED) is 0.824. The summed E-state index contributed by atoms with van der Waals surface area (Å²) in [4.78, 5) is 0. The van der Waals surface area contributed by atoms with Crippen molar-refractivity contribution in [3.8, 4) is 0 Å². The maximum atomic E-state index is 6.40. The van der Waals surface area contributed by atoms with Gasteiger partial charge in [-0.25, -0.2) is 0 Å². The van der Waals surface area contributed by atoms with Crippen molar-refractivity contribution in [2.24, 2.45) is 5.73 Å². The number of hydrogen-bond donors (Lipinski definition) is 1. The Labute approximate surface area is 123 Å². The molecule has 0 saturated carbocycles. The third-order valence-corrected chi connectivity index (χ3v) is 4.75. The van der Waals surface area contributed by atoms with Gasteiger partial charge >= 0.3 is 0 Å². The van der Waals surface area contributed by atoms with E-state index in [0.717, 1.165) is 6.42 Å². The van der Waals surface area contributed by atoms with Gasteiger partial charge in [-0.1, -0.05) is 49.4 Å². The molecule has 0 aliphatic heterocycles. The van der Waals surface area contributed by atoms with Crippen molar-refractivity contribution in [3.05, 3.63) is 68.3 Å². The van der Waals surface area contributed by atoms with E-state index in [9.17, 15) is 0 Å². The van der Waals surface area contributed by atoms with Crippen LogP contribution in [0.1, 0.15) is 35.2 Å². The van der Waals surface area contributed by atoms with Gasteiger partial charge in [0.25, 0.3) is 0 Å². The van der Waals surface area contributed by atoms with Gasteiger partial charge in [0.1, 0.15) is 0 Å². The first kappa shape index (κ1) is 13.6. The summed E-state index contributed by atoms with van der Waals surface area (Å²) in [6.45, 7) is 4.29. The van der Waals surface area contributed by atoms with E-state index in [1.165, 1.54) is 25.8 Å². The molecule has 0 bridgehead atoms. The molecule has 0 aromatic heterocycles. The zero-order valence-corrected chi connectivity index (χ0v) is 12.9. The number of hydrogen-bond acceptors (Lipinski definition) is 1. The number of halogens is 1. The van der Waals surface area contributed by atoms with Gasteiger partial charge in [0.2, 0.25) is 0 Å². The normalized spacial score (nSPS) is 12.4. The molecule has 2 N–H and O–H groups in total. The topological polar surface area (TPSA) is 26.0 Å². The second kappa shape index (κ2) is 5.85. The highest BCUT2D eigenvalue weighted by molar-refractivity contribution is 14.1. The number of benzene rings is 2. The Bertz CT molecular complexity index is 549. The molecular weight excluding hydrogens is 333 g/mol. The second-order valence-corrected chi connectivity index (χ2v) is 5.63. The molecule has 0 aliphatic carbocycles. The molecule has 0 heterocycles. The van der Waals surface area contributed by atoms with E-state index in [4.69, 9.17) is 5.73 Å². The van der Waals surface area contributed by atoms with Crippen molar-refractivity contribution in [2.45, 2.75) is 26.3 Å². The van der Waals surface area contributed by atoms with E-state index in [0.29, 0.717) is 0 Å². The average molecular weight is 351 g/mol. The molecule has 0 radical (unpaired) electrons. The first-order chi connectivity index (χ1) is 8.63. The number of nitrogens with two attached hydrogens (primary N) is 1. The van der Waals surface area contributed by atoms with Crippen molar-refractivity contribution < 1.29 is 0 Å². The van der Waals surface area contributed by atoms with Crippen LogP contribution in [-0.2, 0) is 6.42 Å². The minimum atomic E-state index is -0.0386. The molecule has 2 heteroatoms. The second-order valence-electron chi connectivity index (χ2n) is 4.55. The molecule has 0 saturated heterocycles. The monoisotopic (exact) mass is 351 g/mol. The molecule has 1 nitrogen and oxygen atoms in total. The summed E-state index contributed by atoms with van der Waals surface area (Å²) >= 11 is 2.38. The molecule has 18 heavy (non-hydrogen) atoms. The van der Waals surface area contributed by atoms with Gasteiger partial charge in [-0.05, 0) is 58.2 Å². The summed E-state index contributed by atoms with van der Waals surface area (Å²) < 4.78 is 1.27. The number of rotatable bonds is 3. The van der Waals surface area contributed by atoms with Crippen LogP contribution >= 0.6 is 22.6 Å². The molecule has 0 amide bonds. The van der Waals surface area contributed by atoms with Gasteiger partial charge in [0.05, 0.1) is 6.04 Å². The SMILES string of the molecule is CCc1cccc(C(N)c2cccc(C)c2I)c1. The molecule has 2 rings (SSSR count). The van der Waals surface area contributed by atoms with E-state index in [-0.39, 0.29) is 6.04 Å². The Morgan fingerprint density at radius 1 is 1.17 bits per heavy atom. The predicted molar refractivity (Wildman–Crippen MR) is 85.7 cm³/mol. The first-order valence-corrected chi connectivity index (χ1v) is 7.30. The minimum Gasteiger partial charge on any atom is -0.320 e. The molecule has 0 fully saturated rings. The highest BCUT2D eigenvalue weighted by Gasteiger charge is 2.13. The predicted octanol–water partition coefficient (Wildman–Crippen LogP) is 4.21. The summed E-state index contributed by atoms with van der Waals surface area (Å²) in [5.41, 5.74) is 11.4. The molecular formula is C16H18IN. The van der Waals surface area contributed by atoms with E-state index < -0.39 is 0 Å². The lowest BCUT2D eigenvalue weighted by Gasteiger charge is -2.16. The smallest absolute Gasteiger partial charge is 0.0562 e. The fourth-order valence-electron chi connectivity index (χ4n) is 2.10. The maximum absolute atomic E-state index is 6.40. The molecule has 0 spiro atoms. The van der Waals surface area contributed by atoms with Gasteiger partial charge in [-0.3, -0.25) is 0 Å². The molecule has 1 unspecified atom stereocenters. The lowest BCUT2D eigenvalue weighted by Crippen LogP contribution is -2.14. The summed E-state index contributed by atoms with van der Waals surface area (Å²) in [6.07, 6.45) is 1.05. The Morgan fingerprint density at radius 2 is 1.89 bits per heavy atom. The van der Waals surface area contributed by atoms with Crippen LogP contribution in [0.15, 0.2) is 42.5 Å². The van der Waals surface area contributed by atoms with Crippen LogP contribution in [0.3, 0.4) is 0 Å². The van der Waals surface area contributed by atoms with E-state index in [2.05, 4.69) is 78.9 Å². The van der Waals surface area contributed by atoms with Gasteiger partial charge in [0, 0.05) is 3.57 Å². The third-order valence-electron chi connectivity index (χ3n) is 3.28. The fourth-order valence-corrected chi connectivity index (χ4v) is 2.79. The van der Waals surface area contributed by atoms with E-state index in [1.807, 2.05) is 0 Å². The van der Waals surface area contributed by atoms with Crippen molar-refractivity contribution in [1.82, 2.24) is 0 Å². The van der Waals surface area contributed by atoms with Crippen LogP contribution in [0.2, 0.25) is 0 Å². The van der Waals surface area contributed by atoms with Gasteiger partial charge in [-0.15, -0.1) is 0 Å². The molecule has 2 aromatic carbocycles. The fraction of sp³-hybridized carbons (Fsp3) is 0.250. The van der Waals surface area contributed by atoms with Crippen LogP contribution in [0.4, 0.5) is 0 Å². The van der Waals surface area contributed by atoms with Crippen LogP contribution in [-0.4, -0.2) is 0 Å². The average Bonchev–Trinajstić information content (AvgIpc) is 2.41. The van der Waals surface area contributed by atoms with Crippen molar-refractivity contribution >= 4 is 22.6 Å². The van der Waals surface area contributed by atoms with E-state index in [1.54, 1.807) is 0 Å². The molecule has 2 aromatic rings. The summed E-state index contributed by atoms with van der Waals surface area (Å²) in [7, 11) is 0. The van der Waals surface area contributed by atoms with Crippen molar-refractivity contribution in [1.29, 1.82) is 0 Å². The lowest BCUT2D eigenvalue weighted by molar-refractivity contribution is 0.859. The third kappa shape index (κ3) is 2.75. The zero-order valence-electron chi connectivity index (χ0n) is 10.8. The number of aryl methyl sites for hydroxylation is 2. The summed E-state index contributed by atoms with van der Waals surface area (Å²) in [6, 6.07) is 14.9. The van der Waals surface area contributed by atoms with Gasteiger partial charge in [0.15, 0.2) is 0 Å². The Balaban J connectivity index is 2.41. The molecule has 94 valence electrons. The minimum absolute atomic E-state index is 0.0386. The molecule has 1 atom stereocenters. The molecule has 0 aliphatic rings. The highest BCUT2D eigenvalue weighted by atomic mass is 127. The Kier molecular flexibility index (Phi) is 4.40.